The van der Waals surface area contributed by atoms with Crippen LogP contribution in [0.2, 0.25) is 0 Å². The summed E-state index contributed by atoms with van der Waals surface area (Å²) in [5.41, 5.74) is 5.73. The van der Waals surface area contributed by atoms with E-state index in [1.807, 2.05) is 31.2 Å². The lowest BCUT2D eigenvalue weighted by Crippen LogP contribution is -2.47. The third-order valence-electron chi connectivity index (χ3n) is 3.62. The molecule has 0 aliphatic carbocycles. The quantitative estimate of drug-likeness (QED) is 0.818. The Kier molecular flexibility index (Phi) is 5.63. The van der Waals surface area contributed by atoms with Gasteiger partial charge in [0, 0.05) is 18.7 Å². The molecule has 4 nitrogen and oxygen atoms in total. The van der Waals surface area contributed by atoms with Crippen LogP contribution in [0.4, 0.5) is 0 Å². The van der Waals surface area contributed by atoms with E-state index in [0.717, 1.165) is 43.8 Å². The van der Waals surface area contributed by atoms with Crippen LogP contribution in [-0.4, -0.2) is 48.4 Å². The lowest BCUT2D eigenvalue weighted by molar-refractivity contribution is -0.0183. The number of hydrogen-bond donors (Lipinski definition) is 2. The summed E-state index contributed by atoms with van der Waals surface area (Å²) in [5, 5.41) is 10.1. The molecular formula is C17H24N2O2. The van der Waals surface area contributed by atoms with Crippen LogP contribution in [0.5, 0.6) is 5.75 Å². The largest absolute Gasteiger partial charge is 0.492 e. The Bertz CT molecular complexity index is 500. The zero-order chi connectivity index (χ0) is 15.1. The van der Waals surface area contributed by atoms with Crippen LogP contribution in [-0.2, 0) is 0 Å². The number of piperidine rings is 1. The Labute approximate surface area is 126 Å². The normalized spacial score (nSPS) is 22.4. The average Bonchev–Trinajstić information content (AvgIpc) is 2.45. The highest BCUT2D eigenvalue weighted by Crippen LogP contribution is 2.20. The molecule has 1 saturated heterocycles. The Balaban J connectivity index is 1.75. The van der Waals surface area contributed by atoms with Crippen LogP contribution in [0, 0.1) is 11.8 Å². The first kappa shape index (κ1) is 15.8. The number of hydrogen-bond acceptors (Lipinski definition) is 4. The van der Waals surface area contributed by atoms with E-state index in [4.69, 9.17) is 10.5 Å². The highest BCUT2D eigenvalue weighted by Gasteiger charge is 2.27. The molecule has 0 radical (unpaired) electrons. The van der Waals surface area contributed by atoms with Gasteiger partial charge >= 0.3 is 0 Å². The molecule has 1 aliphatic rings. The predicted octanol–water partition coefficient (Wildman–Crippen LogP) is 1.22. The summed E-state index contributed by atoms with van der Waals surface area (Å²) < 4.78 is 5.74. The van der Waals surface area contributed by atoms with Gasteiger partial charge in [-0.15, -0.1) is 0 Å². The molecule has 1 atom stereocenters. The molecule has 1 aromatic carbocycles. The number of β-amino-alcohol motifs (C(OH)–C–C–N with tert-alkyl or cyclic N) is 1. The molecule has 0 spiro atoms. The highest BCUT2D eigenvalue weighted by molar-refractivity contribution is 5.38. The van der Waals surface area contributed by atoms with E-state index in [0.29, 0.717) is 13.2 Å². The molecule has 1 unspecified atom stereocenters. The smallest absolute Gasteiger partial charge is 0.119 e. The fraction of sp³-hybridized carbons (Fsp3) is 0.529. The Morgan fingerprint density at radius 3 is 2.81 bits per heavy atom. The van der Waals surface area contributed by atoms with Gasteiger partial charge in [-0.2, -0.15) is 0 Å². The zero-order valence-corrected chi connectivity index (χ0v) is 12.6. The number of benzene rings is 1. The maximum absolute atomic E-state index is 10.1. The van der Waals surface area contributed by atoms with Crippen molar-refractivity contribution < 1.29 is 9.84 Å². The summed E-state index contributed by atoms with van der Waals surface area (Å²) in [6.07, 6.45) is 1.93. The van der Waals surface area contributed by atoms with Gasteiger partial charge in [0.05, 0.1) is 12.1 Å². The first-order valence-corrected chi connectivity index (χ1v) is 7.46. The molecular weight excluding hydrogens is 264 g/mol. The van der Waals surface area contributed by atoms with E-state index in [1.165, 1.54) is 0 Å². The first-order valence-electron chi connectivity index (χ1n) is 7.46. The monoisotopic (exact) mass is 288 g/mol. The average molecular weight is 288 g/mol. The fourth-order valence-corrected chi connectivity index (χ4v) is 2.59. The summed E-state index contributed by atoms with van der Waals surface area (Å²) in [6.45, 7) is 5.50. The van der Waals surface area contributed by atoms with Crippen molar-refractivity contribution in [3.8, 4) is 17.6 Å². The van der Waals surface area contributed by atoms with Crippen LogP contribution < -0.4 is 10.5 Å². The van der Waals surface area contributed by atoms with Gasteiger partial charge in [-0.3, -0.25) is 4.90 Å². The van der Waals surface area contributed by atoms with Crippen molar-refractivity contribution in [2.24, 2.45) is 5.73 Å². The predicted molar refractivity (Wildman–Crippen MR) is 84.2 cm³/mol. The molecule has 3 N–H and O–H groups in total. The van der Waals surface area contributed by atoms with E-state index in [2.05, 4.69) is 16.7 Å². The fourth-order valence-electron chi connectivity index (χ4n) is 2.59. The van der Waals surface area contributed by atoms with Crippen LogP contribution in [0.25, 0.3) is 0 Å². The lowest BCUT2D eigenvalue weighted by Gasteiger charge is -2.36. The molecule has 2 rings (SSSR count). The molecule has 1 fully saturated rings. The van der Waals surface area contributed by atoms with Gasteiger partial charge in [0.25, 0.3) is 0 Å². The van der Waals surface area contributed by atoms with Gasteiger partial charge in [-0.1, -0.05) is 11.8 Å². The van der Waals surface area contributed by atoms with Gasteiger partial charge in [0.1, 0.15) is 12.4 Å². The van der Waals surface area contributed by atoms with E-state index in [-0.39, 0.29) is 0 Å². The Hall–Kier alpha value is -1.54. The summed E-state index contributed by atoms with van der Waals surface area (Å²) in [4.78, 5) is 2.25. The summed E-state index contributed by atoms with van der Waals surface area (Å²) in [7, 11) is 0. The maximum atomic E-state index is 10.1. The minimum absolute atomic E-state index is 0.373. The van der Waals surface area contributed by atoms with Gasteiger partial charge in [-0.25, -0.2) is 0 Å². The van der Waals surface area contributed by atoms with Crippen molar-refractivity contribution >= 4 is 0 Å². The molecule has 1 aromatic rings. The third kappa shape index (κ3) is 5.39. The van der Waals surface area contributed by atoms with E-state index < -0.39 is 5.60 Å². The molecule has 1 aliphatic heterocycles. The third-order valence-corrected chi connectivity index (χ3v) is 3.62. The molecule has 0 saturated carbocycles. The summed E-state index contributed by atoms with van der Waals surface area (Å²) in [5.74, 6) is 6.65. The topological polar surface area (TPSA) is 58.7 Å². The zero-order valence-electron chi connectivity index (χ0n) is 12.6. The molecule has 21 heavy (non-hydrogen) atoms. The number of rotatable bonds is 4. The molecule has 0 aromatic heterocycles. The molecule has 4 heteroatoms. The second-order valence-electron chi connectivity index (χ2n) is 5.76. The number of aliphatic hydroxyl groups is 1. The second-order valence-corrected chi connectivity index (χ2v) is 5.76. The van der Waals surface area contributed by atoms with E-state index in [9.17, 15) is 5.11 Å². The van der Waals surface area contributed by atoms with E-state index >= 15 is 0 Å². The van der Waals surface area contributed by atoms with Crippen LogP contribution in [0.15, 0.2) is 24.3 Å². The first-order chi connectivity index (χ1) is 10.1. The minimum Gasteiger partial charge on any atom is -0.492 e. The van der Waals surface area contributed by atoms with Crippen LogP contribution >= 0.6 is 0 Å². The summed E-state index contributed by atoms with van der Waals surface area (Å²) in [6, 6.07) is 7.72. The van der Waals surface area contributed by atoms with Crippen molar-refractivity contribution in [3.63, 3.8) is 0 Å². The Morgan fingerprint density at radius 1 is 1.38 bits per heavy atom. The van der Waals surface area contributed by atoms with Gasteiger partial charge in [0.2, 0.25) is 0 Å². The van der Waals surface area contributed by atoms with E-state index in [1.54, 1.807) is 0 Å². The number of likely N-dealkylation sites (tertiary alicyclic amines) is 1. The van der Waals surface area contributed by atoms with Gasteiger partial charge < -0.3 is 15.6 Å². The van der Waals surface area contributed by atoms with Crippen molar-refractivity contribution in [1.82, 2.24) is 4.90 Å². The van der Waals surface area contributed by atoms with Crippen molar-refractivity contribution in [2.75, 3.05) is 32.8 Å². The maximum Gasteiger partial charge on any atom is 0.119 e. The number of ether oxygens (including phenoxy) is 1. The van der Waals surface area contributed by atoms with Crippen molar-refractivity contribution in [3.05, 3.63) is 29.8 Å². The number of nitrogens with two attached hydrogens (primary N) is 1. The Morgan fingerprint density at radius 2 is 2.14 bits per heavy atom. The summed E-state index contributed by atoms with van der Waals surface area (Å²) >= 11 is 0. The standard InChI is InChI=1S/C17H24N2O2/c1-17(20)9-3-11-19(14-17)12-13-21-16-7-5-15(6-8-16)4-2-10-18/h5-8,20H,3,9-14,18H2,1H3. The molecule has 0 bridgehead atoms. The lowest BCUT2D eigenvalue weighted by atomic mass is 9.95. The minimum atomic E-state index is -0.554. The van der Waals surface area contributed by atoms with Crippen LogP contribution in [0.1, 0.15) is 25.3 Å². The SMILES string of the molecule is CC1(O)CCCN(CCOc2ccc(C#CCN)cc2)C1. The van der Waals surface area contributed by atoms with Crippen molar-refractivity contribution in [2.45, 2.75) is 25.4 Å². The highest BCUT2D eigenvalue weighted by atomic mass is 16.5. The second kappa shape index (κ2) is 7.46. The van der Waals surface area contributed by atoms with Gasteiger partial charge in [0.15, 0.2) is 0 Å². The molecule has 114 valence electrons. The van der Waals surface area contributed by atoms with Crippen molar-refractivity contribution in [1.29, 1.82) is 0 Å². The van der Waals surface area contributed by atoms with Crippen LogP contribution in [0.3, 0.4) is 0 Å². The number of nitrogens with zero attached hydrogens (tertiary/aromatic N) is 1. The van der Waals surface area contributed by atoms with Gasteiger partial charge in [-0.05, 0) is 50.6 Å². The molecule has 0 amide bonds. The molecule has 1 heterocycles.